The number of aliphatic hydroxyl groups excluding tert-OH is 2. The van der Waals surface area contributed by atoms with Crippen LogP contribution in [0.15, 0.2) is 24.3 Å². The first-order valence-electron chi connectivity index (χ1n) is 4.38. The summed E-state index contributed by atoms with van der Waals surface area (Å²) in [4.78, 5) is 2.98. The fourth-order valence-electron chi connectivity index (χ4n) is 1.64. The van der Waals surface area contributed by atoms with E-state index < -0.39 is 6.23 Å². The Labute approximate surface area is 81.0 Å². The van der Waals surface area contributed by atoms with E-state index in [2.05, 4.69) is 4.98 Å². The van der Waals surface area contributed by atoms with Gasteiger partial charge in [-0.25, -0.2) is 0 Å². The van der Waals surface area contributed by atoms with Crippen molar-refractivity contribution < 1.29 is 10.2 Å². The second kappa shape index (κ2) is 3.42. The summed E-state index contributed by atoms with van der Waals surface area (Å²) >= 11 is 0. The Hall–Kier alpha value is -1.36. The van der Waals surface area contributed by atoms with E-state index in [4.69, 9.17) is 10.8 Å². The van der Waals surface area contributed by atoms with Gasteiger partial charge in [-0.05, 0) is 6.07 Å². The second-order valence-corrected chi connectivity index (χ2v) is 3.17. The van der Waals surface area contributed by atoms with Crippen molar-refractivity contribution in [3.63, 3.8) is 0 Å². The predicted octanol–water partition coefficient (Wildman–Crippen LogP) is 0.610. The standard InChI is InChI=1S/C10H12N2O2/c11-10(14)9-7(5-13)6-3-1-2-4-8(6)12-9/h1-4,10,12-14H,5,11H2. The van der Waals surface area contributed by atoms with Crippen molar-refractivity contribution in [3.05, 3.63) is 35.5 Å². The van der Waals surface area contributed by atoms with Crippen LogP contribution in [0.5, 0.6) is 0 Å². The molecule has 0 bridgehead atoms. The van der Waals surface area contributed by atoms with Gasteiger partial charge in [0.25, 0.3) is 0 Å². The largest absolute Gasteiger partial charge is 0.392 e. The molecule has 1 aromatic heterocycles. The normalized spacial score (nSPS) is 13.4. The zero-order valence-electron chi connectivity index (χ0n) is 7.57. The van der Waals surface area contributed by atoms with Gasteiger partial charge in [-0.2, -0.15) is 0 Å². The van der Waals surface area contributed by atoms with Gasteiger partial charge in [-0.15, -0.1) is 0 Å². The number of fused-ring (bicyclic) bond motifs is 1. The van der Waals surface area contributed by atoms with Crippen LogP contribution in [0.1, 0.15) is 17.5 Å². The lowest BCUT2D eigenvalue weighted by molar-refractivity contribution is 0.177. The van der Waals surface area contributed by atoms with E-state index in [0.717, 1.165) is 10.9 Å². The number of aliphatic hydroxyl groups is 2. The summed E-state index contributed by atoms with van der Waals surface area (Å²) in [5.41, 5.74) is 7.38. The lowest BCUT2D eigenvalue weighted by Crippen LogP contribution is -2.11. The summed E-state index contributed by atoms with van der Waals surface area (Å²) in [7, 11) is 0. The molecule has 14 heavy (non-hydrogen) atoms. The molecule has 1 unspecified atom stereocenters. The summed E-state index contributed by atoms with van der Waals surface area (Å²) in [6, 6.07) is 7.51. The molecule has 1 atom stereocenters. The fraction of sp³-hybridized carbons (Fsp3) is 0.200. The third-order valence-corrected chi connectivity index (χ3v) is 2.30. The molecule has 0 saturated carbocycles. The molecule has 1 aromatic carbocycles. The molecular weight excluding hydrogens is 180 g/mol. The fourth-order valence-corrected chi connectivity index (χ4v) is 1.64. The average Bonchev–Trinajstić information content (AvgIpc) is 2.56. The summed E-state index contributed by atoms with van der Waals surface area (Å²) in [5.74, 6) is 0. The number of benzene rings is 1. The third-order valence-electron chi connectivity index (χ3n) is 2.30. The van der Waals surface area contributed by atoms with Gasteiger partial charge in [0.1, 0.15) is 6.23 Å². The topological polar surface area (TPSA) is 82.3 Å². The van der Waals surface area contributed by atoms with Crippen molar-refractivity contribution in [2.24, 2.45) is 5.73 Å². The first-order valence-corrected chi connectivity index (χ1v) is 4.38. The van der Waals surface area contributed by atoms with Gasteiger partial charge in [0, 0.05) is 16.5 Å². The van der Waals surface area contributed by atoms with Crippen LogP contribution in [0.2, 0.25) is 0 Å². The number of para-hydroxylation sites is 1. The lowest BCUT2D eigenvalue weighted by atomic mass is 10.1. The Morgan fingerprint density at radius 2 is 2.07 bits per heavy atom. The van der Waals surface area contributed by atoms with Crippen LogP contribution < -0.4 is 5.73 Å². The first-order chi connectivity index (χ1) is 6.74. The van der Waals surface area contributed by atoms with E-state index in [-0.39, 0.29) is 6.61 Å². The van der Waals surface area contributed by atoms with Crippen molar-refractivity contribution in [2.75, 3.05) is 0 Å². The van der Waals surface area contributed by atoms with Crippen molar-refractivity contribution in [2.45, 2.75) is 12.8 Å². The molecule has 0 radical (unpaired) electrons. The molecule has 0 amide bonds. The molecule has 0 aliphatic carbocycles. The summed E-state index contributed by atoms with van der Waals surface area (Å²) in [6.07, 6.45) is -1.08. The second-order valence-electron chi connectivity index (χ2n) is 3.17. The molecule has 2 aromatic rings. The van der Waals surface area contributed by atoms with E-state index in [1.165, 1.54) is 0 Å². The summed E-state index contributed by atoms with van der Waals surface area (Å²) in [6.45, 7) is -0.131. The van der Waals surface area contributed by atoms with Crippen LogP contribution in [-0.4, -0.2) is 15.2 Å². The van der Waals surface area contributed by atoms with Gasteiger partial charge in [0.2, 0.25) is 0 Å². The molecule has 0 fully saturated rings. The van der Waals surface area contributed by atoms with Crippen molar-refractivity contribution in [1.82, 2.24) is 4.98 Å². The minimum absolute atomic E-state index is 0.131. The number of rotatable bonds is 2. The number of H-pyrrole nitrogens is 1. The van der Waals surface area contributed by atoms with Crippen LogP contribution in [0.25, 0.3) is 10.9 Å². The lowest BCUT2D eigenvalue weighted by Gasteiger charge is -2.03. The molecule has 0 aliphatic heterocycles. The van der Waals surface area contributed by atoms with Crippen LogP contribution in [-0.2, 0) is 6.61 Å². The monoisotopic (exact) mass is 192 g/mol. The van der Waals surface area contributed by atoms with E-state index >= 15 is 0 Å². The average molecular weight is 192 g/mol. The molecule has 4 heteroatoms. The van der Waals surface area contributed by atoms with Crippen LogP contribution in [0, 0.1) is 0 Å². The van der Waals surface area contributed by atoms with Gasteiger partial charge in [0.05, 0.1) is 12.3 Å². The highest BCUT2D eigenvalue weighted by Gasteiger charge is 2.13. The van der Waals surface area contributed by atoms with Gasteiger partial charge in [-0.3, -0.25) is 0 Å². The van der Waals surface area contributed by atoms with Crippen molar-refractivity contribution >= 4 is 10.9 Å². The highest BCUT2D eigenvalue weighted by Crippen LogP contribution is 2.24. The maximum Gasteiger partial charge on any atom is 0.143 e. The van der Waals surface area contributed by atoms with E-state index in [9.17, 15) is 5.11 Å². The zero-order chi connectivity index (χ0) is 10.1. The Morgan fingerprint density at radius 3 is 2.71 bits per heavy atom. The van der Waals surface area contributed by atoms with Gasteiger partial charge in [-0.1, -0.05) is 18.2 Å². The smallest absolute Gasteiger partial charge is 0.143 e. The molecule has 74 valence electrons. The third kappa shape index (κ3) is 1.29. The minimum atomic E-state index is -1.08. The number of nitrogens with one attached hydrogen (secondary N) is 1. The van der Waals surface area contributed by atoms with Gasteiger partial charge in [0.15, 0.2) is 0 Å². The van der Waals surface area contributed by atoms with Crippen molar-refractivity contribution in [1.29, 1.82) is 0 Å². The number of nitrogens with two attached hydrogens (primary N) is 1. The number of hydrogen-bond donors (Lipinski definition) is 4. The predicted molar refractivity (Wildman–Crippen MR) is 53.4 cm³/mol. The van der Waals surface area contributed by atoms with E-state index in [1.54, 1.807) is 0 Å². The van der Waals surface area contributed by atoms with Crippen LogP contribution in [0.3, 0.4) is 0 Å². The molecule has 1 heterocycles. The SMILES string of the molecule is NC(O)c1[nH]c2ccccc2c1CO. The van der Waals surface area contributed by atoms with Gasteiger partial charge >= 0.3 is 0 Å². The summed E-state index contributed by atoms with van der Waals surface area (Å²) < 4.78 is 0. The molecule has 0 spiro atoms. The highest BCUT2D eigenvalue weighted by molar-refractivity contribution is 5.84. The molecular formula is C10H12N2O2. The zero-order valence-corrected chi connectivity index (χ0v) is 7.57. The Morgan fingerprint density at radius 1 is 1.36 bits per heavy atom. The molecule has 0 aliphatic rings. The van der Waals surface area contributed by atoms with Crippen LogP contribution in [0.4, 0.5) is 0 Å². The van der Waals surface area contributed by atoms with E-state index in [1.807, 2.05) is 24.3 Å². The van der Waals surface area contributed by atoms with Crippen LogP contribution >= 0.6 is 0 Å². The molecule has 4 nitrogen and oxygen atoms in total. The number of aromatic nitrogens is 1. The molecule has 2 rings (SSSR count). The molecule has 5 N–H and O–H groups in total. The molecule has 0 saturated heterocycles. The maximum atomic E-state index is 9.27. The Bertz CT molecular complexity index is 448. The first kappa shape index (κ1) is 9.21. The Balaban J connectivity index is 2.72. The Kier molecular flexibility index (Phi) is 2.25. The number of aromatic amines is 1. The van der Waals surface area contributed by atoms with Gasteiger partial charge < -0.3 is 20.9 Å². The van der Waals surface area contributed by atoms with Crippen molar-refractivity contribution in [3.8, 4) is 0 Å². The highest BCUT2D eigenvalue weighted by atomic mass is 16.3. The quantitative estimate of drug-likeness (QED) is 0.526. The summed E-state index contributed by atoms with van der Waals surface area (Å²) in [5, 5.41) is 19.3. The maximum absolute atomic E-state index is 9.27. The number of hydrogen-bond acceptors (Lipinski definition) is 3. The van der Waals surface area contributed by atoms with E-state index in [0.29, 0.717) is 11.3 Å². The minimum Gasteiger partial charge on any atom is -0.392 e.